The molecule has 0 unspecified atom stereocenters. The summed E-state index contributed by atoms with van der Waals surface area (Å²) in [5, 5.41) is 10.8. The fourth-order valence-corrected chi connectivity index (χ4v) is 3.20. The molecule has 1 atom stereocenters. The van der Waals surface area contributed by atoms with Gasteiger partial charge in [-0.05, 0) is 48.2 Å². The van der Waals surface area contributed by atoms with E-state index >= 15 is 0 Å². The molecule has 2 aromatic heterocycles. The third kappa shape index (κ3) is 4.51. The molecule has 0 radical (unpaired) electrons. The van der Waals surface area contributed by atoms with Crippen LogP contribution >= 0.6 is 12.4 Å². The largest absolute Gasteiger partial charge is 0.340 e. The Morgan fingerprint density at radius 2 is 2.04 bits per heavy atom. The van der Waals surface area contributed by atoms with Crippen molar-refractivity contribution in [2.45, 2.75) is 38.5 Å². The molecule has 0 saturated carbocycles. The van der Waals surface area contributed by atoms with E-state index in [0.29, 0.717) is 17.6 Å². The highest BCUT2D eigenvalue weighted by atomic mass is 35.5. The lowest BCUT2D eigenvalue weighted by molar-refractivity contribution is 0.359. The van der Waals surface area contributed by atoms with Crippen molar-refractivity contribution in [2.24, 2.45) is 0 Å². The molecule has 1 fully saturated rings. The van der Waals surface area contributed by atoms with E-state index in [1.807, 2.05) is 18.2 Å². The Kier molecular flexibility index (Phi) is 6.01. The van der Waals surface area contributed by atoms with E-state index in [1.54, 1.807) is 6.20 Å². The molecule has 7 heteroatoms. The highest BCUT2D eigenvalue weighted by molar-refractivity contribution is 5.85. The molecule has 1 saturated heterocycles. The summed E-state index contributed by atoms with van der Waals surface area (Å²) in [5.41, 5.74) is 3.27. The van der Waals surface area contributed by atoms with Crippen molar-refractivity contribution in [2.75, 3.05) is 18.4 Å². The quantitative estimate of drug-likeness (QED) is 0.663. The van der Waals surface area contributed by atoms with Crippen molar-refractivity contribution in [3.63, 3.8) is 0 Å². The number of rotatable bonds is 4. The van der Waals surface area contributed by atoms with Crippen molar-refractivity contribution in [3.05, 3.63) is 54.0 Å². The maximum Gasteiger partial charge on any atom is 0.231 e. The summed E-state index contributed by atoms with van der Waals surface area (Å²) in [7, 11) is 0. The second-order valence-corrected chi connectivity index (χ2v) is 8.03. The smallest absolute Gasteiger partial charge is 0.231 e. The average molecular weight is 400 g/mol. The zero-order valence-corrected chi connectivity index (χ0v) is 17.2. The standard InChI is InChI=1S/C21H25N5O.ClH/c1-21(2,3)16-5-4-6-17(11-16)24-18-8-7-14(13-23-18)19-25-20(27-26-19)15-9-10-22-12-15;/h4-8,11,13,15,22H,9-10,12H2,1-3H3,(H,23,24);1H/t15-;/m1./s1. The lowest BCUT2D eigenvalue weighted by Crippen LogP contribution is -2.11. The van der Waals surface area contributed by atoms with Gasteiger partial charge in [0.05, 0.1) is 5.92 Å². The lowest BCUT2D eigenvalue weighted by atomic mass is 9.87. The molecule has 0 amide bonds. The Bertz CT molecular complexity index is 911. The molecule has 2 N–H and O–H groups in total. The monoisotopic (exact) mass is 399 g/mol. The highest BCUT2D eigenvalue weighted by Crippen LogP contribution is 2.27. The Balaban J connectivity index is 0.00000225. The first-order valence-electron chi connectivity index (χ1n) is 9.37. The van der Waals surface area contributed by atoms with Crippen LogP contribution in [0, 0.1) is 0 Å². The molecule has 4 rings (SSSR count). The van der Waals surface area contributed by atoms with Gasteiger partial charge in [-0.25, -0.2) is 4.98 Å². The van der Waals surface area contributed by atoms with Crippen LogP contribution in [0.5, 0.6) is 0 Å². The summed E-state index contributed by atoms with van der Waals surface area (Å²) in [6.07, 6.45) is 2.81. The number of nitrogens with zero attached hydrogens (tertiary/aromatic N) is 3. The van der Waals surface area contributed by atoms with Gasteiger partial charge < -0.3 is 15.2 Å². The van der Waals surface area contributed by atoms with Crippen LogP contribution in [-0.4, -0.2) is 28.2 Å². The van der Waals surface area contributed by atoms with E-state index < -0.39 is 0 Å². The molecule has 1 aliphatic rings. The first kappa shape index (κ1) is 20.3. The normalized spacial score (nSPS) is 16.6. The van der Waals surface area contributed by atoms with Crippen LogP contribution in [0.3, 0.4) is 0 Å². The van der Waals surface area contributed by atoms with Crippen molar-refractivity contribution < 1.29 is 4.52 Å². The summed E-state index contributed by atoms with van der Waals surface area (Å²) in [5.74, 6) is 2.39. The minimum absolute atomic E-state index is 0. The number of hydrogen-bond donors (Lipinski definition) is 2. The molecule has 3 aromatic rings. The van der Waals surface area contributed by atoms with Gasteiger partial charge in [0.15, 0.2) is 0 Å². The number of aromatic nitrogens is 3. The van der Waals surface area contributed by atoms with Crippen LogP contribution in [0.1, 0.15) is 44.6 Å². The molecule has 1 aliphatic heterocycles. The molecule has 6 nitrogen and oxygen atoms in total. The van der Waals surface area contributed by atoms with E-state index in [4.69, 9.17) is 4.52 Å². The molecule has 0 aliphatic carbocycles. The van der Waals surface area contributed by atoms with Crippen LogP contribution in [-0.2, 0) is 5.41 Å². The predicted molar refractivity (Wildman–Crippen MR) is 113 cm³/mol. The molecule has 148 valence electrons. The van der Waals surface area contributed by atoms with Gasteiger partial charge in [-0.3, -0.25) is 0 Å². The number of anilines is 2. The summed E-state index contributed by atoms with van der Waals surface area (Å²) < 4.78 is 5.43. The van der Waals surface area contributed by atoms with Gasteiger partial charge in [-0.2, -0.15) is 4.98 Å². The average Bonchev–Trinajstić information content (AvgIpc) is 3.34. The van der Waals surface area contributed by atoms with Gasteiger partial charge in [-0.15, -0.1) is 12.4 Å². The second-order valence-electron chi connectivity index (χ2n) is 8.03. The minimum atomic E-state index is 0. The van der Waals surface area contributed by atoms with Crippen LogP contribution in [0.2, 0.25) is 0 Å². The van der Waals surface area contributed by atoms with Crippen LogP contribution in [0.4, 0.5) is 11.5 Å². The predicted octanol–water partition coefficient (Wildman–Crippen LogP) is 4.67. The zero-order chi connectivity index (χ0) is 18.9. The number of hydrogen-bond acceptors (Lipinski definition) is 6. The Labute approximate surface area is 171 Å². The fraction of sp³-hybridized carbons (Fsp3) is 0.381. The van der Waals surface area contributed by atoms with Gasteiger partial charge in [-0.1, -0.05) is 38.1 Å². The molecule has 0 bridgehead atoms. The third-order valence-corrected chi connectivity index (χ3v) is 4.87. The fourth-order valence-electron chi connectivity index (χ4n) is 3.20. The first-order valence-corrected chi connectivity index (χ1v) is 9.37. The number of halogens is 1. The molecular weight excluding hydrogens is 374 g/mol. The van der Waals surface area contributed by atoms with Gasteiger partial charge in [0.25, 0.3) is 0 Å². The van der Waals surface area contributed by atoms with Gasteiger partial charge in [0.2, 0.25) is 11.7 Å². The first-order chi connectivity index (χ1) is 13.0. The van der Waals surface area contributed by atoms with Gasteiger partial charge >= 0.3 is 0 Å². The second kappa shape index (κ2) is 8.29. The van der Waals surface area contributed by atoms with Crippen LogP contribution in [0.15, 0.2) is 47.1 Å². The number of benzene rings is 1. The van der Waals surface area contributed by atoms with E-state index in [9.17, 15) is 0 Å². The number of nitrogens with one attached hydrogen (secondary N) is 2. The van der Waals surface area contributed by atoms with Crippen molar-refractivity contribution in [1.82, 2.24) is 20.4 Å². The van der Waals surface area contributed by atoms with E-state index in [-0.39, 0.29) is 17.8 Å². The third-order valence-electron chi connectivity index (χ3n) is 4.87. The van der Waals surface area contributed by atoms with E-state index in [2.05, 4.69) is 64.7 Å². The summed E-state index contributed by atoms with van der Waals surface area (Å²) >= 11 is 0. The van der Waals surface area contributed by atoms with E-state index in [0.717, 1.165) is 36.6 Å². The Morgan fingerprint density at radius 1 is 1.18 bits per heavy atom. The van der Waals surface area contributed by atoms with Crippen LogP contribution in [0.25, 0.3) is 11.4 Å². The molecule has 28 heavy (non-hydrogen) atoms. The van der Waals surface area contributed by atoms with Gasteiger partial charge in [0, 0.05) is 24.0 Å². The molecule has 0 spiro atoms. The summed E-state index contributed by atoms with van der Waals surface area (Å²) in [6.45, 7) is 8.52. The SMILES string of the molecule is CC(C)(C)c1cccc(Nc2ccc(-c3noc([C@@H]4CCNC4)n3)cn2)c1.Cl. The lowest BCUT2D eigenvalue weighted by Gasteiger charge is -2.20. The number of pyridine rings is 1. The zero-order valence-electron chi connectivity index (χ0n) is 16.4. The molecular formula is C21H26ClN5O. The Morgan fingerprint density at radius 3 is 2.71 bits per heavy atom. The van der Waals surface area contributed by atoms with Crippen LogP contribution < -0.4 is 10.6 Å². The van der Waals surface area contributed by atoms with Crippen molar-refractivity contribution >= 4 is 23.9 Å². The molecule has 3 heterocycles. The van der Waals surface area contributed by atoms with Crippen molar-refractivity contribution in [1.29, 1.82) is 0 Å². The summed E-state index contributed by atoms with van der Waals surface area (Å²) in [6, 6.07) is 12.3. The van der Waals surface area contributed by atoms with Crippen molar-refractivity contribution in [3.8, 4) is 11.4 Å². The maximum absolute atomic E-state index is 5.43. The van der Waals surface area contributed by atoms with E-state index in [1.165, 1.54) is 5.56 Å². The maximum atomic E-state index is 5.43. The highest BCUT2D eigenvalue weighted by Gasteiger charge is 2.23. The minimum Gasteiger partial charge on any atom is -0.340 e. The Hall–Kier alpha value is -2.44. The summed E-state index contributed by atoms with van der Waals surface area (Å²) in [4.78, 5) is 9.04. The van der Waals surface area contributed by atoms with Gasteiger partial charge in [0.1, 0.15) is 5.82 Å². The molecule has 1 aromatic carbocycles. The topological polar surface area (TPSA) is 75.9 Å².